The third-order valence-corrected chi connectivity index (χ3v) is 4.60. The van der Waals surface area contributed by atoms with Gasteiger partial charge in [0, 0.05) is 12.5 Å². The maximum absolute atomic E-state index is 4.38. The number of nitrogens with one attached hydrogen (secondary N) is 1. The number of hydrogen-bond acceptors (Lipinski definition) is 4. The quantitative estimate of drug-likeness (QED) is 0.878. The summed E-state index contributed by atoms with van der Waals surface area (Å²) >= 11 is 1.79. The van der Waals surface area contributed by atoms with Crippen molar-refractivity contribution in [2.75, 3.05) is 6.54 Å². The zero-order valence-electron chi connectivity index (χ0n) is 10.4. The molecule has 0 aromatic carbocycles. The Morgan fingerprint density at radius 3 is 2.88 bits per heavy atom. The first-order valence-corrected chi connectivity index (χ1v) is 6.98. The summed E-state index contributed by atoms with van der Waals surface area (Å²) in [6.45, 7) is 8.68. The zero-order chi connectivity index (χ0) is 11.6. The lowest BCUT2D eigenvalue weighted by Crippen LogP contribution is -2.15. The molecule has 90 valence electrons. The van der Waals surface area contributed by atoms with Crippen LogP contribution in [0.25, 0.3) is 0 Å². The Morgan fingerprint density at radius 2 is 2.25 bits per heavy atom. The monoisotopic (exact) mass is 239 g/mol. The molecule has 0 radical (unpaired) electrons. The summed E-state index contributed by atoms with van der Waals surface area (Å²) < 4.78 is 0. The second kappa shape index (κ2) is 4.80. The average molecular weight is 239 g/mol. The van der Waals surface area contributed by atoms with Gasteiger partial charge in [-0.25, -0.2) is 0 Å². The van der Waals surface area contributed by atoms with Gasteiger partial charge in [-0.05, 0) is 24.8 Å². The molecule has 16 heavy (non-hydrogen) atoms. The van der Waals surface area contributed by atoms with Crippen LogP contribution in [0.4, 0.5) is 0 Å². The van der Waals surface area contributed by atoms with E-state index in [0.717, 1.165) is 18.1 Å². The van der Waals surface area contributed by atoms with Crippen LogP contribution in [0.3, 0.4) is 0 Å². The Morgan fingerprint density at radius 1 is 1.44 bits per heavy atom. The van der Waals surface area contributed by atoms with Crippen molar-refractivity contribution in [2.45, 2.75) is 52.5 Å². The van der Waals surface area contributed by atoms with Gasteiger partial charge in [0.25, 0.3) is 0 Å². The molecule has 0 bridgehead atoms. The first-order chi connectivity index (χ1) is 7.63. The van der Waals surface area contributed by atoms with E-state index in [4.69, 9.17) is 0 Å². The van der Waals surface area contributed by atoms with Gasteiger partial charge in [-0.3, -0.25) is 0 Å². The van der Waals surface area contributed by atoms with E-state index in [1.165, 1.54) is 24.3 Å². The standard InChI is InChI=1S/C12H21N3S/c1-4-13-8-10-14-15-11(16-10)9-6-5-7-12(9,2)3/h9,13H,4-8H2,1-3H3. The number of hydrogen-bond donors (Lipinski definition) is 1. The summed E-state index contributed by atoms with van der Waals surface area (Å²) in [6, 6.07) is 0. The molecule has 1 atom stereocenters. The van der Waals surface area contributed by atoms with E-state index in [1.54, 1.807) is 11.3 Å². The lowest BCUT2D eigenvalue weighted by molar-refractivity contribution is 0.330. The van der Waals surface area contributed by atoms with Crippen LogP contribution in [0.15, 0.2) is 0 Å². The summed E-state index contributed by atoms with van der Waals surface area (Å²) in [5.41, 5.74) is 0.412. The van der Waals surface area contributed by atoms with Crippen LogP contribution < -0.4 is 5.32 Å². The van der Waals surface area contributed by atoms with E-state index < -0.39 is 0 Å². The van der Waals surface area contributed by atoms with Gasteiger partial charge in [-0.15, -0.1) is 10.2 Å². The lowest BCUT2D eigenvalue weighted by atomic mass is 9.82. The highest BCUT2D eigenvalue weighted by Gasteiger charge is 2.37. The molecule has 1 aromatic heterocycles. The highest BCUT2D eigenvalue weighted by molar-refractivity contribution is 7.11. The van der Waals surface area contributed by atoms with E-state index in [-0.39, 0.29) is 0 Å². The van der Waals surface area contributed by atoms with Gasteiger partial charge in [0.2, 0.25) is 0 Å². The first-order valence-electron chi connectivity index (χ1n) is 6.16. The molecule has 1 unspecified atom stereocenters. The Kier molecular flexibility index (Phi) is 3.60. The van der Waals surface area contributed by atoms with Crippen molar-refractivity contribution in [3.63, 3.8) is 0 Å². The van der Waals surface area contributed by atoms with Crippen LogP contribution in [0.1, 0.15) is 56.0 Å². The first kappa shape index (κ1) is 12.0. The molecule has 1 aliphatic carbocycles. The van der Waals surface area contributed by atoms with Gasteiger partial charge < -0.3 is 5.32 Å². The van der Waals surface area contributed by atoms with Crippen molar-refractivity contribution in [3.8, 4) is 0 Å². The van der Waals surface area contributed by atoms with E-state index in [2.05, 4.69) is 36.3 Å². The number of aromatic nitrogens is 2. The molecule has 4 heteroatoms. The minimum atomic E-state index is 0.412. The molecule has 1 heterocycles. The Bertz CT molecular complexity index is 346. The molecule has 2 rings (SSSR count). The fraction of sp³-hybridized carbons (Fsp3) is 0.833. The summed E-state index contributed by atoms with van der Waals surface area (Å²) in [7, 11) is 0. The maximum Gasteiger partial charge on any atom is 0.131 e. The predicted octanol–water partition coefficient (Wildman–Crippen LogP) is 2.94. The molecule has 0 saturated heterocycles. The summed E-state index contributed by atoms with van der Waals surface area (Å²) in [6.07, 6.45) is 3.93. The van der Waals surface area contributed by atoms with Crippen LogP contribution in [-0.4, -0.2) is 16.7 Å². The van der Waals surface area contributed by atoms with Crippen LogP contribution in [0.2, 0.25) is 0 Å². The van der Waals surface area contributed by atoms with Gasteiger partial charge >= 0.3 is 0 Å². The smallest absolute Gasteiger partial charge is 0.131 e. The highest BCUT2D eigenvalue weighted by Crippen LogP contribution is 2.49. The molecule has 1 fully saturated rings. The number of nitrogens with zero attached hydrogens (tertiary/aromatic N) is 2. The molecule has 1 saturated carbocycles. The number of rotatable bonds is 4. The fourth-order valence-electron chi connectivity index (χ4n) is 2.50. The molecule has 1 aliphatic rings. The Labute approximate surface area is 102 Å². The molecule has 0 spiro atoms. The summed E-state index contributed by atoms with van der Waals surface area (Å²) in [5.74, 6) is 0.625. The SMILES string of the molecule is CCNCc1nnc(C2CCCC2(C)C)s1. The van der Waals surface area contributed by atoms with Crippen molar-refractivity contribution in [3.05, 3.63) is 10.0 Å². The molecule has 1 aromatic rings. The molecule has 0 aliphatic heterocycles. The predicted molar refractivity (Wildman–Crippen MR) is 67.7 cm³/mol. The van der Waals surface area contributed by atoms with Crippen molar-refractivity contribution in [1.29, 1.82) is 0 Å². The van der Waals surface area contributed by atoms with Gasteiger partial charge in [-0.1, -0.05) is 38.5 Å². The Hall–Kier alpha value is -0.480. The van der Waals surface area contributed by atoms with Crippen LogP contribution >= 0.6 is 11.3 Å². The molecule has 3 nitrogen and oxygen atoms in total. The minimum Gasteiger partial charge on any atom is -0.311 e. The summed E-state index contributed by atoms with van der Waals surface area (Å²) in [4.78, 5) is 0. The second-order valence-electron chi connectivity index (χ2n) is 5.25. The Balaban J connectivity index is 2.06. The van der Waals surface area contributed by atoms with E-state index in [9.17, 15) is 0 Å². The van der Waals surface area contributed by atoms with Gasteiger partial charge in [0.15, 0.2) is 0 Å². The van der Waals surface area contributed by atoms with Gasteiger partial charge in [-0.2, -0.15) is 0 Å². The molecular formula is C12H21N3S. The second-order valence-corrected chi connectivity index (χ2v) is 6.34. The molecular weight excluding hydrogens is 218 g/mol. The van der Waals surface area contributed by atoms with Crippen LogP contribution in [0, 0.1) is 5.41 Å². The lowest BCUT2D eigenvalue weighted by Gasteiger charge is -2.24. The third-order valence-electron chi connectivity index (χ3n) is 3.56. The minimum absolute atomic E-state index is 0.412. The van der Waals surface area contributed by atoms with Crippen molar-refractivity contribution < 1.29 is 0 Å². The van der Waals surface area contributed by atoms with Gasteiger partial charge in [0.05, 0.1) is 0 Å². The van der Waals surface area contributed by atoms with E-state index >= 15 is 0 Å². The van der Waals surface area contributed by atoms with Crippen molar-refractivity contribution in [1.82, 2.24) is 15.5 Å². The summed E-state index contributed by atoms with van der Waals surface area (Å²) in [5, 5.41) is 14.3. The highest BCUT2D eigenvalue weighted by atomic mass is 32.1. The zero-order valence-corrected chi connectivity index (χ0v) is 11.2. The maximum atomic E-state index is 4.38. The topological polar surface area (TPSA) is 37.8 Å². The van der Waals surface area contributed by atoms with Crippen LogP contribution in [-0.2, 0) is 6.54 Å². The molecule has 1 N–H and O–H groups in total. The van der Waals surface area contributed by atoms with Gasteiger partial charge in [0.1, 0.15) is 10.0 Å². The third kappa shape index (κ3) is 2.43. The van der Waals surface area contributed by atoms with E-state index in [0.29, 0.717) is 11.3 Å². The largest absolute Gasteiger partial charge is 0.311 e. The molecule has 0 amide bonds. The average Bonchev–Trinajstić information content (AvgIpc) is 2.81. The van der Waals surface area contributed by atoms with Crippen molar-refractivity contribution in [2.24, 2.45) is 5.41 Å². The van der Waals surface area contributed by atoms with Crippen LogP contribution in [0.5, 0.6) is 0 Å². The normalized spacial score (nSPS) is 23.8. The fourth-order valence-corrected chi connectivity index (χ4v) is 3.65. The van der Waals surface area contributed by atoms with Crippen molar-refractivity contribution >= 4 is 11.3 Å². The van der Waals surface area contributed by atoms with E-state index in [1.807, 2.05) is 0 Å².